The topological polar surface area (TPSA) is 54.3 Å². The molecule has 2 unspecified atom stereocenters. The molecule has 0 spiro atoms. The summed E-state index contributed by atoms with van der Waals surface area (Å²) in [6.45, 7) is 6.35. The summed E-state index contributed by atoms with van der Waals surface area (Å²) >= 11 is 1.50. The molecule has 6 nitrogen and oxygen atoms in total. The zero-order chi connectivity index (χ0) is 20.2. The number of hydrogen-bond donors (Lipinski definition) is 0. The third-order valence-electron chi connectivity index (χ3n) is 6.08. The zero-order valence-electron chi connectivity index (χ0n) is 17.5. The first kappa shape index (κ1) is 20.3. The van der Waals surface area contributed by atoms with Crippen LogP contribution in [0.3, 0.4) is 0 Å². The van der Waals surface area contributed by atoms with E-state index in [2.05, 4.69) is 50.5 Å². The van der Waals surface area contributed by atoms with E-state index in [1.54, 1.807) is 0 Å². The molecule has 2 saturated heterocycles. The van der Waals surface area contributed by atoms with Crippen molar-refractivity contribution in [2.45, 2.75) is 69.6 Å². The summed E-state index contributed by atoms with van der Waals surface area (Å²) in [5, 5.41) is 9.81. The minimum absolute atomic E-state index is 0.205. The van der Waals surface area contributed by atoms with Crippen LogP contribution in [0.4, 0.5) is 5.95 Å². The average molecular weight is 414 g/mol. The number of nitrogens with zero attached hydrogens (tertiary/aromatic N) is 5. The Hall–Kier alpha value is -2.02. The van der Waals surface area contributed by atoms with Crippen LogP contribution in [0.2, 0.25) is 0 Å². The van der Waals surface area contributed by atoms with Gasteiger partial charge in [0.25, 0.3) is 0 Å². The Kier molecular flexibility index (Phi) is 6.43. The van der Waals surface area contributed by atoms with Crippen LogP contribution in [0.25, 0.3) is 5.69 Å². The minimum atomic E-state index is 0.205. The van der Waals surface area contributed by atoms with Gasteiger partial charge in [0.15, 0.2) is 5.16 Å². The Labute approximate surface area is 177 Å². The van der Waals surface area contributed by atoms with Crippen LogP contribution in [0, 0.1) is 0 Å². The smallest absolute Gasteiger partial charge is 0.233 e. The fourth-order valence-corrected chi connectivity index (χ4v) is 5.39. The van der Waals surface area contributed by atoms with Gasteiger partial charge in [-0.25, -0.2) is 0 Å². The highest BCUT2D eigenvalue weighted by Crippen LogP contribution is 2.29. The van der Waals surface area contributed by atoms with Crippen LogP contribution >= 0.6 is 11.8 Å². The number of thioether (sulfide) groups is 1. The lowest BCUT2D eigenvalue weighted by Gasteiger charge is -2.39. The van der Waals surface area contributed by atoms with Gasteiger partial charge >= 0.3 is 0 Å². The Balaban J connectivity index is 1.55. The first-order chi connectivity index (χ1) is 14.1. The van der Waals surface area contributed by atoms with Crippen LogP contribution in [-0.2, 0) is 4.79 Å². The molecule has 29 heavy (non-hydrogen) atoms. The number of carbonyl (C=O) groups excluding carboxylic acids is 1. The number of aromatic nitrogens is 3. The maximum absolute atomic E-state index is 13.0. The van der Waals surface area contributed by atoms with Gasteiger partial charge in [0.2, 0.25) is 11.9 Å². The van der Waals surface area contributed by atoms with Gasteiger partial charge in [-0.3, -0.25) is 9.36 Å². The molecule has 2 fully saturated rings. The molecule has 0 saturated carbocycles. The number of para-hydroxylation sites is 1. The van der Waals surface area contributed by atoms with Crippen molar-refractivity contribution in [1.29, 1.82) is 0 Å². The molecule has 2 atom stereocenters. The number of rotatable bonds is 5. The summed E-state index contributed by atoms with van der Waals surface area (Å²) in [6, 6.07) is 10.9. The third-order valence-corrected chi connectivity index (χ3v) is 6.99. The number of carbonyl (C=O) groups is 1. The number of benzene rings is 1. The summed E-state index contributed by atoms with van der Waals surface area (Å²) in [5.41, 5.74) is 1.05. The molecular formula is C22H31N5OS. The highest BCUT2D eigenvalue weighted by atomic mass is 32.2. The number of hydrogen-bond acceptors (Lipinski definition) is 5. The molecular weight excluding hydrogens is 382 g/mol. The van der Waals surface area contributed by atoms with E-state index in [4.69, 9.17) is 0 Å². The van der Waals surface area contributed by atoms with E-state index in [0.29, 0.717) is 17.8 Å². The molecule has 1 aromatic heterocycles. The van der Waals surface area contributed by atoms with E-state index in [0.717, 1.165) is 42.7 Å². The predicted octanol–water partition coefficient (Wildman–Crippen LogP) is 4.14. The second-order valence-electron chi connectivity index (χ2n) is 8.22. The summed E-state index contributed by atoms with van der Waals surface area (Å²) < 4.78 is 2.12. The Morgan fingerprint density at radius 3 is 2.38 bits per heavy atom. The van der Waals surface area contributed by atoms with Gasteiger partial charge in [0, 0.05) is 25.2 Å². The van der Waals surface area contributed by atoms with Crippen LogP contribution in [0.1, 0.15) is 52.4 Å². The monoisotopic (exact) mass is 413 g/mol. The molecule has 1 amide bonds. The fourth-order valence-electron chi connectivity index (χ4n) is 4.57. The highest BCUT2D eigenvalue weighted by molar-refractivity contribution is 7.99. The minimum Gasteiger partial charge on any atom is -0.341 e. The Morgan fingerprint density at radius 1 is 1.00 bits per heavy atom. The van der Waals surface area contributed by atoms with Crippen molar-refractivity contribution >= 4 is 23.6 Å². The average Bonchev–Trinajstić information content (AvgIpc) is 3.17. The normalized spacial score (nSPS) is 22.7. The summed E-state index contributed by atoms with van der Waals surface area (Å²) in [7, 11) is 0. The Bertz CT molecular complexity index is 808. The molecule has 7 heteroatoms. The van der Waals surface area contributed by atoms with Crippen molar-refractivity contribution in [2.75, 3.05) is 23.7 Å². The molecule has 0 aliphatic carbocycles. The molecule has 2 aliphatic heterocycles. The quantitative estimate of drug-likeness (QED) is 0.690. The SMILES string of the molecule is CC1CCCC(C)N1C(=O)CSc1nnc(N2CCCCC2)n1-c1ccccc1. The van der Waals surface area contributed by atoms with E-state index >= 15 is 0 Å². The molecule has 0 radical (unpaired) electrons. The fraction of sp³-hybridized carbons (Fsp3) is 0.591. The standard InChI is InChI=1S/C22H31N5OS/c1-17-10-9-11-18(2)26(17)20(28)16-29-22-24-23-21(25-14-7-4-8-15-25)27(22)19-12-5-3-6-13-19/h3,5-6,12-13,17-18H,4,7-11,14-16H2,1-2H3. The van der Waals surface area contributed by atoms with Gasteiger partial charge in [-0.15, -0.1) is 10.2 Å². The first-order valence-corrected chi connectivity index (χ1v) is 11.8. The molecule has 1 aromatic carbocycles. The van der Waals surface area contributed by atoms with Crippen molar-refractivity contribution in [3.8, 4) is 5.69 Å². The third kappa shape index (κ3) is 4.44. The Morgan fingerprint density at radius 2 is 1.69 bits per heavy atom. The second kappa shape index (κ2) is 9.20. The molecule has 3 heterocycles. The van der Waals surface area contributed by atoms with Gasteiger partial charge in [0.05, 0.1) is 11.4 Å². The zero-order valence-corrected chi connectivity index (χ0v) is 18.3. The molecule has 0 N–H and O–H groups in total. The van der Waals surface area contributed by atoms with E-state index in [1.165, 1.54) is 37.4 Å². The van der Waals surface area contributed by atoms with Crippen molar-refractivity contribution < 1.29 is 4.79 Å². The number of anilines is 1. The van der Waals surface area contributed by atoms with Gasteiger partial charge in [-0.1, -0.05) is 30.0 Å². The second-order valence-corrected chi connectivity index (χ2v) is 9.16. The van der Waals surface area contributed by atoms with Crippen molar-refractivity contribution in [3.05, 3.63) is 30.3 Å². The summed E-state index contributed by atoms with van der Waals surface area (Å²) in [4.78, 5) is 17.4. The van der Waals surface area contributed by atoms with Crippen LogP contribution in [0.15, 0.2) is 35.5 Å². The lowest BCUT2D eigenvalue weighted by atomic mass is 9.98. The molecule has 156 valence electrons. The van der Waals surface area contributed by atoms with Crippen LogP contribution < -0.4 is 4.90 Å². The van der Waals surface area contributed by atoms with Gasteiger partial charge in [0.1, 0.15) is 0 Å². The van der Waals surface area contributed by atoms with Crippen LogP contribution in [0.5, 0.6) is 0 Å². The first-order valence-electron chi connectivity index (χ1n) is 10.8. The highest BCUT2D eigenvalue weighted by Gasteiger charge is 2.29. The van der Waals surface area contributed by atoms with Crippen LogP contribution in [-0.4, -0.2) is 56.5 Å². The maximum atomic E-state index is 13.0. The lowest BCUT2D eigenvalue weighted by Crippen LogP contribution is -2.48. The van der Waals surface area contributed by atoms with Crippen molar-refractivity contribution in [1.82, 2.24) is 19.7 Å². The molecule has 0 bridgehead atoms. The van der Waals surface area contributed by atoms with Crippen molar-refractivity contribution in [3.63, 3.8) is 0 Å². The molecule has 4 rings (SSSR count). The summed E-state index contributed by atoms with van der Waals surface area (Å²) in [6.07, 6.45) is 7.06. The van der Waals surface area contributed by atoms with E-state index < -0.39 is 0 Å². The molecule has 2 aromatic rings. The van der Waals surface area contributed by atoms with E-state index in [1.807, 2.05) is 18.2 Å². The van der Waals surface area contributed by atoms with E-state index in [-0.39, 0.29) is 5.91 Å². The number of likely N-dealkylation sites (tertiary alicyclic amines) is 1. The van der Waals surface area contributed by atoms with Gasteiger partial charge in [-0.05, 0) is 64.5 Å². The lowest BCUT2D eigenvalue weighted by molar-refractivity contribution is -0.134. The maximum Gasteiger partial charge on any atom is 0.233 e. The van der Waals surface area contributed by atoms with Gasteiger partial charge in [-0.2, -0.15) is 0 Å². The van der Waals surface area contributed by atoms with E-state index in [9.17, 15) is 4.79 Å². The molecule has 2 aliphatic rings. The largest absolute Gasteiger partial charge is 0.341 e. The van der Waals surface area contributed by atoms with Gasteiger partial charge < -0.3 is 9.80 Å². The number of piperidine rings is 2. The summed E-state index contributed by atoms with van der Waals surface area (Å²) in [5.74, 6) is 1.50. The predicted molar refractivity (Wildman–Crippen MR) is 118 cm³/mol. The number of amides is 1. The van der Waals surface area contributed by atoms with Crippen molar-refractivity contribution in [2.24, 2.45) is 0 Å².